The summed E-state index contributed by atoms with van der Waals surface area (Å²) in [5.41, 5.74) is 1.13. The van der Waals surface area contributed by atoms with Crippen LogP contribution in [0.5, 0.6) is 0 Å². The first kappa shape index (κ1) is 13.7. The summed E-state index contributed by atoms with van der Waals surface area (Å²) in [6.07, 6.45) is 1.59. The van der Waals surface area contributed by atoms with E-state index in [2.05, 4.69) is 15.4 Å². The number of anilines is 1. The van der Waals surface area contributed by atoms with Crippen molar-refractivity contribution in [2.24, 2.45) is 0 Å². The van der Waals surface area contributed by atoms with Gasteiger partial charge in [0.2, 0.25) is 0 Å². The Kier molecular flexibility index (Phi) is 3.42. The van der Waals surface area contributed by atoms with Gasteiger partial charge in [-0.3, -0.25) is 14.8 Å². The van der Waals surface area contributed by atoms with Crippen molar-refractivity contribution in [2.45, 2.75) is 19.9 Å². The number of nitrogens with zero attached hydrogens (tertiary/aromatic N) is 3. The second-order valence-corrected chi connectivity index (χ2v) is 5.87. The third-order valence-electron chi connectivity index (χ3n) is 2.96. The maximum atomic E-state index is 13.2. The topological polar surface area (TPSA) is 59.8 Å². The number of fused-ring (bicyclic) bond motifs is 1. The van der Waals surface area contributed by atoms with Gasteiger partial charge in [0.1, 0.15) is 11.5 Å². The van der Waals surface area contributed by atoms with Crippen molar-refractivity contribution in [3.8, 4) is 0 Å². The number of carbonyl (C=O) groups excluding carboxylic acids is 1. The number of amides is 1. The molecule has 0 radical (unpaired) electrons. The third kappa shape index (κ3) is 2.64. The van der Waals surface area contributed by atoms with E-state index in [-0.39, 0.29) is 17.8 Å². The molecule has 0 atom stereocenters. The van der Waals surface area contributed by atoms with Crippen molar-refractivity contribution in [3.05, 3.63) is 42.0 Å². The van der Waals surface area contributed by atoms with Gasteiger partial charge in [-0.2, -0.15) is 5.10 Å². The lowest BCUT2D eigenvalue weighted by Crippen LogP contribution is -2.18. The van der Waals surface area contributed by atoms with Gasteiger partial charge in [-0.25, -0.2) is 9.37 Å². The zero-order valence-corrected chi connectivity index (χ0v) is 12.3. The lowest BCUT2D eigenvalue weighted by molar-refractivity contribution is 0.101. The van der Waals surface area contributed by atoms with Crippen molar-refractivity contribution in [2.75, 3.05) is 5.32 Å². The average molecular weight is 304 g/mol. The Bertz CT molecular complexity index is 808. The molecule has 108 valence electrons. The number of carbonyl (C=O) groups is 1. The summed E-state index contributed by atoms with van der Waals surface area (Å²) >= 11 is 1.24. The van der Waals surface area contributed by atoms with Crippen molar-refractivity contribution < 1.29 is 9.18 Å². The van der Waals surface area contributed by atoms with E-state index in [1.807, 2.05) is 13.8 Å². The van der Waals surface area contributed by atoms with Crippen LogP contribution in [0.3, 0.4) is 0 Å². The normalized spacial score (nSPS) is 11.2. The first-order valence-electron chi connectivity index (χ1n) is 6.45. The first-order chi connectivity index (χ1) is 10.0. The van der Waals surface area contributed by atoms with Gasteiger partial charge in [0.15, 0.2) is 5.13 Å². The predicted octanol–water partition coefficient (Wildman–Crippen LogP) is 3.47. The maximum absolute atomic E-state index is 13.2. The number of benzene rings is 1. The van der Waals surface area contributed by atoms with Crippen molar-refractivity contribution in [1.29, 1.82) is 0 Å². The van der Waals surface area contributed by atoms with Crippen LogP contribution in [-0.4, -0.2) is 20.7 Å². The molecule has 0 aliphatic rings. The van der Waals surface area contributed by atoms with E-state index < -0.39 is 0 Å². The molecule has 1 N–H and O–H groups in total. The predicted molar refractivity (Wildman–Crippen MR) is 80.1 cm³/mol. The average Bonchev–Trinajstić information content (AvgIpc) is 3.03. The third-order valence-corrected chi connectivity index (χ3v) is 3.90. The first-order valence-corrected chi connectivity index (χ1v) is 7.27. The number of rotatable bonds is 3. The molecule has 5 nitrogen and oxygen atoms in total. The molecule has 0 spiro atoms. The van der Waals surface area contributed by atoms with Crippen molar-refractivity contribution in [1.82, 2.24) is 14.8 Å². The summed E-state index contributed by atoms with van der Waals surface area (Å²) in [6.45, 7) is 3.90. The highest BCUT2D eigenvalue weighted by Crippen LogP contribution is 2.26. The summed E-state index contributed by atoms with van der Waals surface area (Å²) in [6, 6.07) is 6.09. The SMILES string of the molecule is CC(C)n1nccc1C(=O)Nc1nc2ccc(F)cc2s1. The second kappa shape index (κ2) is 5.25. The standard InChI is InChI=1S/C14H13FN4OS/c1-8(2)19-11(5-6-16-19)13(20)18-14-17-10-4-3-9(15)7-12(10)21-14/h3-8H,1-2H3,(H,17,18,20). The van der Waals surface area contributed by atoms with E-state index in [0.29, 0.717) is 21.0 Å². The summed E-state index contributed by atoms with van der Waals surface area (Å²) in [5.74, 6) is -0.595. The number of aromatic nitrogens is 3. The van der Waals surface area contributed by atoms with Gasteiger partial charge in [0.05, 0.1) is 10.2 Å². The van der Waals surface area contributed by atoms with Crippen LogP contribution in [0.4, 0.5) is 9.52 Å². The number of halogens is 1. The van der Waals surface area contributed by atoms with Gasteiger partial charge in [-0.05, 0) is 38.1 Å². The molecule has 1 aromatic carbocycles. The Morgan fingerprint density at radius 1 is 1.38 bits per heavy atom. The molecule has 3 rings (SSSR count). The lowest BCUT2D eigenvalue weighted by atomic mass is 10.3. The van der Waals surface area contributed by atoms with Crippen LogP contribution >= 0.6 is 11.3 Å². The van der Waals surface area contributed by atoms with Gasteiger partial charge in [-0.15, -0.1) is 0 Å². The van der Waals surface area contributed by atoms with Gasteiger partial charge in [0.25, 0.3) is 5.91 Å². The van der Waals surface area contributed by atoms with Gasteiger partial charge < -0.3 is 0 Å². The Hall–Kier alpha value is -2.28. The van der Waals surface area contributed by atoms with Crippen LogP contribution in [0.1, 0.15) is 30.4 Å². The van der Waals surface area contributed by atoms with Crippen LogP contribution < -0.4 is 5.32 Å². The Morgan fingerprint density at radius 2 is 2.19 bits per heavy atom. The molecule has 0 bridgehead atoms. The molecule has 0 unspecified atom stereocenters. The number of hydrogen-bond acceptors (Lipinski definition) is 4. The van der Waals surface area contributed by atoms with Gasteiger partial charge >= 0.3 is 0 Å². The van der Waals surface area contributed by atoms with Crippen LogP contribution in [-0.2, 0) is 0 Å². The zero-order chi connectivity index (χ0) is 15.0. The minimum atomic E-state index is -0.318. The van der Waals surface area contributed by atoms with E-state index in [4.69, 9.17) is 0 Å². The van der Waals surface area contributed by atoms with Gasteiger partial charge in [0, 0.05) is 12.2 Å². The van der Waals surface area contributed by atoms with Crippen LogP contribution in [0.15, 0.2) is 30.5 Å². The molecule has 1 amide bonds. The molecule has 0 aliphatic carbocycles. The van der Waals surface area contributed by atoms with E-state index in [1.54, 1.807) is 23.0 Å². The second-order valence-electron chi connectivity index (χ2n) is 4.84. The van der Waals surface area contributed by atoms with Crippen molar-refractivity contribution >= 4 is 32.6 Å². The smallest absolute Gasteiger partial charge is 0.275 e. The summed E-state index contributed by atoms with van der Waals surface area (Å²) < 4.78 is 15.5. The Labute approximate surface area is 124 Å². The van der Waals surface area contributed by atoms with Crippen LogP contribution in [0.25, 0.3) is 10.2 Å². The minimum absolute atomic E-state index is 0.0882. The molecular weight excluding hydrogens is 291 g/mol. The monoisotopic (exact) mass is 304 g/mol. The molecule has 0 saturated carbocycles. The molecule has 3 aromatic rings. The highest BCUT2D eigenvalue weighted by atomic mass is 32.1. The zero-order valence-electron chi connectivity index (χ0n) is 11.5. The highest BCUT2D eigenvalue weighted by Gasteiger charge is 2.16. The largest absolute Gasteiger partial charge is 0.296 e. The van der Waals surface area contributed by atoms with E-state index in [0.717, 1.165) is 0 Å². The molecule has 2 heterocycles. The van der Waals surface area contributed by atoms with Gasteiger partial charge in [-0.1, -0.05) is 11.3 Å². The Morgan fingerprint density at radius 3 is 2.95 bits per heavy atom. The highest BCUT2D eigenvalue weighted by molar-refractivity contribution is 7.22. The fourth-order valence-electron chi connectivity index (χ4n) is 2.02. The number of thiazole rings is 1. The van der Waals surface area contributed by atoms with Crippen molar-refractivity contribution in [3.63, 3.8) is 0 Å². The van der Waals surface area contributed by atoms with E-state index in [9.17, 15) is 9.18 Å². The van der Waals surface area contributed by atoms with Crippen LogP contribution in [0, 0.1) is 5.82 Å². The lowest BCUT2D eigenvalue weighted by Gasteiger charge is -2.09. The summed E-state index contributed by atoms with van der Waals surface area (Å²) in [4.78, 5) is 16.5. The van der Waals surface area contributed by atoms with E-state index in [1.165, 1.54) is 23.5 Å². The molecule has 21 heavy (non-hydrogen) atoms. The fourth-order valence-corrected chi connectivity index (χ4v) is 2.90. The maximum Gasteiger partial charge on any atom is 0.275 e. The molecule has 7 heteroatoms. The number of nitrogens with one attached hydrogen (secondary N) is 1. The Balaban J connectivity index is 1.87. The van der Waals surface area contributed by atoms with E-state index >= 15 is 0 Å². The molecule has 0 aliphatic heterocycles. The molecular formula is C14H13FN4OS. The number of hydrogen-bond donors (Lipinski definition) is 1. The summed E-state index contributed by atoms with van der Waals surface area (Å²) in [5, 5.41) is 7.30. The quantitative estimate of drug-likeness (QED) is 0.806. The molecule has 2 aromatic heterocycles. The minimum Gasteiger partial charge on any atom is -0.296 e. The fraction of sp³-hybridized carbons (Fsp3) is 0.214. The van der Waals surface area contributed by atoms with Crippen LogP contribution in [0.2, 0.25) is 0 Å². The summed E-state index contributed by atoms with van der Waals surface area (Å²) in [7, 11) is 0. The molecule has 0 fully saturated rings. The molecule has 0 saturated heterocycles.